The molecule has 0 radical (unpaired) electrons. The van der Waals surface area contributed by atoms with Crippen LogP contribution in [-0.2, 0) is 10.8 Å². The normalized spacial score (nSPS) is 14.7. The Hall–Kier alpha value is -2.74. The molecule has 0 saturated carbocycles. The molecule has 0 bridgehead atoms. The Morgan fingerprint density at radius 3 is 1.47 bits per heavy atom. The van der Waals surface area contributed by atoms with Gasteiger partial charge in [-0.1, -0.05) is 104 Å². The minimum absolute atomic E-state index is 0.00563. The van der Waals surface area contributed by atoms with Crippen molar-refractivity contribution in [3.8, 4) is 0 Å². The van der Waals surface area contributed by atoms with Gasteiger partial charge in [0, 0.05) is 37.7 Å². The van der Waals surface area contributed by atoms with E-state index in [0.717, 1.165) is 70.1 Å². The average molecular weight is 924 g/mol. The number of aryl methyl sites for hydroxylation is 2. The number of rotatable bonds is 3. The lowest BCUT2D eigenvalue weighted by atomic mass is 9.85. The summed E-state index contributed by atoms with van der Waals surface area (Å²) in [5.74, 6) is 0. The van der Waals surface area contributed by atoms with Gasteiger partial charge >= 0.3 is 5.70 Å². The van der Waals surface area contributed by atoms with Gasteiger partial charge in [-0.2, -0.15) is 0 Å². The van der Waals surface area contributed by atoms with Gasteiger partial charge in [0.15, 0.2) is 4.98 Å². The van der Waals surface area contributed by atoms with E-state index in [4.69, 9.17) is 0 Å². The summed E-state index contributed by atoms with van der Waals surface area (Å²) in [6, 6.07) is 25.0. The molecule has 4 nitrogen and oxygen atoms in total. The summed E-state index contributed by atoms with van der Waals surface area (Å²) in [6.45, 7) is 17.2. The zero-order valence-electron chi connectivity index (χ0n) is 28.6. The van der Waals surface area contributed by atoms with Gasteiger partial charge in [0.25, 0.3) is 0 Å². The van der Waals surface area contributed by atoms with Crippen LogP contribution < -0.4 is 10.4 Å². The molecular formula is C40H36Br4N4S. The van der Waals surface area contributed by atoms with E-state index in [0.29, 0.717) is 11.4 Å². The number of hydrogen-bond acceptors (Lipinski definition) is 3. The molecule has 0 fully saturated rings. The Morgan fingerprint density at radius 2 is 1.08 bits per heavy atom. The molecule has 49 heavy (non-hydrogen) atoms. The topological polar surface area (TPSA) is 62.8 Å². The van der Waals surface area contributed by atoms with Crippen LogP contribution in [0.1, 0.15) is 74.9 Å². The number of nitrogens with zero attached hydrogens (tertiary/aromatic N) is 4. The first-order chi connectivity index (χ1) is 22.9. The van der Waals surface area contributed by atoms with Gasteiger partial charge in [-0.15, -0.1) is 11.3 Å². The highest BCUT2D eigenvalue weighted by molar-refractivity contribution is 9.11. The van der Waals surface area contributed by atoms with Gasteiger partial charge in [0.2, 0.25) is 5.39 Å². The Morgan fingerprint density at radius 1 is 0.633 bits per heavy atom. The highest BCUT2D eigenvalue weighted by Gasteiger charge is 2.26. The molecule has 0 aliphatic rings. The van der Waals surface area contributed by atoms with Crippen LogP contribution in [0.3, 0.4) is 0 Å². The smallest absolute Gasteiger partial charge is 0.401 e. The maximum absolute atomic E-state index is 10.2. The molecule has 1 heterocycles. The van der Waals surface area contributed by atoms with Crippen LogP contribution in [0.5, 0.6) is 0 Å². The second kappa shape index (κ2) is 14.5. The highest BCUT2D eigenvalue weighted by Crippen LogP contribution is 2.35. The second-order valence-electron chi connectivity index (χ2n) is 14.3. The summed E-state index contributed by atoms with van der Waals surface area (Å²) in [5.41, 5.74) is 17.4. The molecule has 0 atom stereocenters. The number of benzene rings is 4. The predicted molar refractivity (Wildman–Crippen MR) is 218 cm³/mol. The van der Waals surface area contributed by atoms with E-state index in [1.807, 2.05) is 26.0 Å². The summed E-state index contributed by atoms with van der Waals surface area (Å²) in [4.78, 5) is 3.75. The molecule has 0 spiro atoms. The van der Waals surface area contributed by atoms with Crippen molar-refractivity contribution in [1.29, 1.82) is 5.39 Å². The maximum Gasteiger partial charge on any atom is 0.401 e. The molecule has 0 aliphatic carbocycles. The Kier molecular flexibility index (Phi) is 11.1. The van der Waals surface area contributed by atoms with E-state index in [2.05, 4.69) is 176 Å². The van der Waals surface area contributed by atoms with Crippen LogP contribution in [0, 0.1) is 38.7 Å². The van der Waals surface area contributed by atoms with Crippen molar-refractivity contribution in [3.63, 3.8) is 0 Å². The van der Waals surface area contributed by atoms with Crippen molar-refractivity contribution in [2.75, 3.05) is 0 Å². The van der Waals surface area contributed by atoms with Crippen molar-refractivity contribution in [1.82, 2.24) is 0 Å². The molecule has 0 N–H and O–H groups in total. The number of thiophene rings is 1. The molecule has 0 aliphatic heterocycles. The van der Waals surface area contributed by atoms with Crippen molar-refractivity contribution in [2.45, 2.75) is 66.2 Å². The van der Waals surface area contributed by atoms with Gasteiger partial charge in [0.1, 0.15) is 0 Å². The van der Waals surface area contributed by atoms with Crippen molar-refractivity contribution in [2.24, 2.45) is 5.11 Å². The minimum Gasteiger partial charge on any atom is -0.706 e. The van der Waals surface area contributed by atoms with Crippen LogP contribution in [-0.4, -0.2) is 0 Å². The molecule has 4 aromatic carbocycles. The Labute approximate surface area is 325 Å². The number of hydrogen-bond donors (Lipinski definition) is 0. The maximum atomic E-state index is 10.2. The Balaban J connectivity index is 1.65. The molecule has 9 heteroatoms. The lowest BCUT2D eigenvalue weighted by molar-refractivity contribution is 0.589. The van der Waals surface area contributed by atoms with Crippen LogP contribution in [0.15, 0.2) is 95.8 Å². The van der Waals surface area contributed by atoms with Gasteiger partial charge in [0.05, 0.1) is 16.5 Å². The quantitative estimate of drug-likeness (QED) is 0.131. The highest BCUT2D eigenvalue weighted by atomic mass is 79.9. The van der Waals surface area contributed by atoms with Crippen molar-refractivity contribution in [3.05, 3.63) is 165 Å². The van der Waals surface area contributed by atoms with Crippen molar-refractivity contribution < 1.29 is 0 Å². The molecule has 0 amide bonds. The summed E-state index contributed by atoms with van der Waals surface area (Å²) < 4.78 is 5.65. The lowest BCUT2D eigenvalue weighted by Crippen LogP contribution is -2.13. The van der Waals surface area contributed by atoms with E-state index in [1.165, 1.54) is 11.1 Å². The average Bonchev–Trinajstić information content (AvgIpc) is 3.51. The third-order valence-corrected chi connectivity index (χ3v) is 12.4. The third-order valence-electron chi connectivity index (χ3n) is 8.60. The molecule has 5 aromatic rings. The van der Waals surface area contributed by atoms with E-state index in [9.17, 15) is 10.9 Å². The third kappa shape index (κ3) is 7.79. The van der Waals surface area contributed by atoms with Gasteiger partial charge in [-0.05, 0) is 132 Å². The SMILES string of the molecule is Cc1cc(C(C)(C)C)cc(Br)c1C(N=[N-])=c1ccc(=c2ccc(=c3ccc(=C([N+]#N)c4c(C)cc(C(C)(C)C)cc4Br)c(Br)c3)s2)cc1Br. The van der Waals surface area contributed by atoms with Gasteiger partial charge in [-0.3, -0.25) is 0 Å². The monoisotopic (exact) mass is 920 g/mol. The first-order valence-corrected chi connectivity index (χ1v) is 19.7. The van der Waals surface area contributed by atoms with Crippen molar-refractivity contribution >= 4 is 86.5 Å². The fourth-order valence-corrected chi connectivity index (χ4v) is 9.43. The predicted octanol–water partition coefficient (Wildman–Crippen LogP) is 12.8. The Bertz CT molecular complexity index is 2470. The largest absolute Gasteiger partial charge is 0.706 e. The van der Waals surface area contributed by atoms with E-state index >= 15 is 0 Å². The number of halogens is 4. The molecular weight excluding hydrogens is 888 g/mol. The summed E-state index contributed by atoms with van der Waals surface area (Å²) in [6.07, 6.45) is 0. The zero-order valence-corrected chi connectivity index (χ0v) is 35.8. The second-order valence-corrected chi connectivity index (χ2v) is 18.8. The van der Waals surface area contributed by atoms with Gasteiger partial charge in [-0.25, -0.2) is 0 Å². The van der Waals surface area contributed by atoms with E-state index in [-0.39, 0.29) is 10.8 Å². The van der Waals surface area contributed by atoms with Crippen LogP contribution >= 0.6 is 75.1 Å². The fraction of sp³-hybridized carbons (Fsp3) is 0.250. The first-order valence-electron chi connectivity index (χ1n) is 15.7. The standard InChI is InChI=1S/C40H36Br4N4S/c1-21-15-25(39(3,4)5)19-31(43)35(21)37(47-45)27-11-9-23(17-29(27)41)33-13-14-34(49-33)24-10-12-28(30(42)18-24)38(48-46)36-22(2)16-26(20-32(36)44)40(6,7)8/h9-20H,1-8H3. The van der Waals surface area contributed by atoms with Gasteiger partial charge < -0.3 is 10.6 Å². The summed E-state index contributed by atoms with van der Waals surface area (Å²) >= 11 is 16.7. The van der Waals surface area contributed by atoms with Crippen LogP contribution in [0.2, 0.25) is 0 Å². The summed E-state index contributed by atoms with van der Waals surface area (Å²) in [7, 11) is 0. The lowest BCUT2D eigenvalue weighted by Gasteiger charge is -2.22. The minimum atomic E-state index is -0.00563. The fourth-order valence-electron chi connectivity index (χ4n) is 5.80. The molecule has 1 aromatic heterocycles. The zero-order chi connectivity index (χ0) is 36.0. The van der Waals surface area contributed by atoms with E-state index < -0.39 is 0 Å². The van der Waals surface area contributed by atoms with Crippen LogP contribution in [0.4, 0.5) is 0 Å². The molecule has 250 valence electrons. The number of diazo groups is 1. The molecule has 5 rings (SSSR count). The molecule has 0 saturated heterocycles. The van der Waals surface area contributed by atoms with Crippen LogP contribution in [0.25, 0.3) is 21.9 Å². The molecule has 0 unspecified atom stereocenters. The van der Waals surface area contributed by atoms with E-state index in [1.54, 1.807) is 11.3 Å². The first kappa shape index (κ1) is 37.5. The summed E-state index contributed by atoms with van der Waals surface area (Å²) in [5, 5.41) is 17.6.